The van der Waals surface area contributed by atoms with E-state index in [1.54, 1.807) is 6.07 Å². The predicted octanol–water partition coefficient (Wildman–Crippen LogP) is 3.28. The van der Waals surface area contributed by atoms with E-state index in [4.69, 9.17) is 0 Å². The topological polar surface area (TPSA) is 98.0 Å². The molecule has 0 amide bonds. The highest BCUT2D eigenvalue weighted by atomic mass is 32.1. The van der Waals surface area contributed by atoms with Crippen LogP contribution in [0.3, 0.4) is 0 Å². The molecule has 0 saturated carbocycles. The summed E-state index contributed by atoms with van der Waals surface area (Å²) in [7, 11) is 0. The summed E-state index contributed by atoms with van der Waals surface area (Å²) in [5.41, 5.74) is 1.36. The van der Waals surface area contributed by atoms with Crippen LogP contribution in [-0.4, -0.2) is 15.1 Å². The molecule has 2 aromatic carbocycles. The Bertz CT molecular complexity index is 1190. The molecule has 4 aromatic rings. The minimum absolute atomic E-state index is 0.135. The van der Waals surface area contributed by atoms with Crippen molar-refractivity contribution in [1.82, 2.24) is 9.97 Å². The summed E-state index contributed by atoms with van der Waals surface area (Å²) < 4.78 is 0. The first kappa shape index (κ1) is 14.5. The van der Waals surface area contributed by atoms with E-state index >= 15 is 0 Å². The molecule has 1 unspecified atom stereocenters. The van der Waals surface area contributed by atoms with Crippen molar-refractivity contribution in [2.45, 2.75) is 5.92 Å². The van der Waals surface area contributed by atoms with Crippen molar-refractivity contribution in [3.8, 4) is 5.75 Å². The number of hydrogen-bond donors (Lipinski definition) is 4. The molecule has 124 valence electrons. The lowest BCUT2D eigenvalue weighted by Crippen LogP contribution is -2.13. The van der Waals surface area contributed by atoms with E-state index in [2.05, 4.69) is 15.3 Å². The minimum atomic E-state index is -0.416. The number of nitrogens with one attached hydrogen (secondary N) is 3. The summed E-state index contributed by atoms with van der Waals surface area (Å²) >= 11 is 2.13. The number of thiazole rings is 2. The number of phenols is 1. The molecule has 0 spiro atoms. The monoisotopic (exact) mass is 369 g/mol. The quantitative estimate of drug-likeness (QED) is 0.364. The molecule has 1 aliphatic rings. The van der Waals surface area contributed by atoms with Crippen LogP contribution in [-0.2, 0) is 0 Å². The molecule has 0 bridgehead atoms. The van der Waals surface area contributed by atoms with Gasteiger partial charge in [0.1, 0.15) is 16.6 Å². The van der Waals surface area contributed by atoms with Crippen molar-refractivity contribution in [3.63, 3.8) is 0 Å². The zero-order valence-corrected chi connectivity index (χ0v) is 14.3. The summed E-state index contributed by atoms with van der Waals surface area (Å²) in [6, 6.07) is 11.3. The maximum atomic E-state index is 11.9. The number of rotatable bonds is 1. The van der Waals surface area contributed by atoms with Gasteiger partial charge in [-0.15, -0.1) is 0 Å². The molecular formula is C17H11N3O3S2. The van der Waals surface area contributed by atoms with Crippen molar-refractivity contribution in [2.75, 3.05) is 5.32 Å². The van der Waals surface area contributed by atoms with Gasteiger partial charge in [-0.2, -0.15) is 0 Å². The number of aromatic amines is 2. The Morgan fingerprint density at radius 2 is 1.76 bits per heavy atom. The van der Waals surface area contributed by atoms with Crippen LogP contribution in [0.2, 0.25) is 0 Å². The fraction of sp³-hybridized carbons (Fsp3) is 0.0588. The van der Waals surface area contributed by atoms with Crippen LogP contribution in [0.25, 0.3) is 10.8 Å². The number of aromatic nitrogens is 2. The van der Waals surface area contributed by atoms with Crippen molar-refractivity contribution < 1.29 is 5.11 Å². The van der Waals surface area contributed by atoms with Crippen molar-refractivity contribution in [1.29, 1.82) is 0 Å². The fourth-order valence-corrected chi connectivity index (χ4v) is 5.07. The van der Waals surface area contributed by atoms with E-state index < -0.39 is 5.92 Å². The zero-order chi connectivity index (χ0) is 17.1. The molecule has 5 rings (SSSR count). The van der Waals surface area contributed by atoms with Crippen LogP contribution in [0, 0.1) is 0 Å². The molecule has 0 radical (unpaired) electrons. The average Bonchev–Trinajstić information content (AvgIpc) is 3.14. The molecule has 8 heteroatoms. The second kappa shape index (κ2) is 5.08. The van der Waals surface area contributed by atoms with E-state index in [1.807, 2.05) is 30.3 Å². The van der Waals surface area contributed by atoms with Crippen LogP contribution in [0.5, 0.6) is 5.75 Å². The average molecular weight is 369 g/mol. The third kappa shape index (κ3) is 2.08. The Morgan fingerprint density at radius 3 is 2.64 bits per heavy atom. The van der Waals surface area contributed by atoms with Crippen LogP contribution in [0.4, 0.5) is 10.8 Å². The van der Waals surface area contributed by atoms with Gasteiger partial charge < -0.3 is 15.4 Å². The number of phenolic OH excluding ortho intramolecular Hbond substituents is 1. The third-order valence-electron chi connectivity index (χ3n) is 4.38. The lowest BCUT2D eigenvalue weighted by Gasteiger charge is -2.24. The fourth-order valence-electron chi connectivity index (χ4n) is 3.38. The highest BCUT2D eigenvalue weighted by Crippen LogP contribution is 2.49. The van der Waals surface area contributed by atoms with Crippen LogP contribution >= 0.6 is 22.7 Å². The van der Waals surface area contributed by atoms with Gasteiger partial charge in [0.05, 0.1) is 16.5 Å². The van der Waals surface area contributed by atoms with E-state index in [0.29, 0.717) is 22.1 Å². The summed E-state index contributed by atoms with van der Waals surface area (Å²) in [5.74, 6) is 0.297. The highest BCUT2D eigenvalue weighted by molar-refractivity contribution is 7.14. The molecule has 6 nitrogen and oxygen atoms in total. The van der Waals surface area contributed by atoms with Crippen molar-refractivity contribution in [2.24, 2.45) is 0 Å². The lowest BCUT2D eigenvalue weighted by atomic mass is 9.88. The standard InChI is InChI=1S/C17H11N3O3S2/c21-9-6-5-7-3-1-2-4-8(7)10(9)11-12-15(25-16(22)18-12)19-14-13(11)24-17(23)20-14/h1-6,11,19,21H,(H,18,22)(H,20,23). The second-order valence-corrected chi connectivity index (χ2v) is 7.79. The molecule has 25 heavy (non-hydrogen) atoms. The summed E-state index contributed by atoms with van der Waals surface area (Å²) in [4.78, 5) is 29.9. The van der Waals surface area contributed by atoms with Gasteiger partial charge in [0, 0.05) is 5.56 Å². The second-order valence-electron chi connectivity index (χ2n) is 5.79. The Balaban J connectivity index is 1.90. The molecule has 1 atom stereocenters. The number of aromatic hydroxyl groups is 1. The highest BCUT2D eigenvalue weighted by Gasteiger charge is 2.34. The minimum Gasteiger partial charge on any atom is -0.508 e. The molecule has 0 fully saturated rings. The van der Waals surface area contributed by atoms with Gasteiger partial charge in [-0.3, -0.25) is 14.6 Å². The van der Waals surface area contributed by atoms with Gasteiger partial charge in [-0.25, -0.2) is 0 Å². The number of fused-ring (bicyclic) bond motifs is 3. The smallest absolute Gasteiger partial charge is 0.306 e. The molecule has 4 N–H and O–H groups in total. The molecule has 1 aliphatic heterocycles. The Labute approximate surface area is 148 Å². The summed E-state index contributed by atoms with van der Waals surface area (Å²) in [6.07, 6.45) is 0. The number of hydrogen-bond acceptors (Lipinski definition) is 6. The van der Waals surface area contributed by atoms with E-state index in [9.17, 15) is 14.7 Å². The normalized spacial score (nSPS) is 15.6. The van der Waals surface area contributed by atoms with Gasteiger partial charge in [-0.1, -0.05) is 53.0 Å². The molecule has 0 saturated heterocycles. The maximum absolute atomic E-state index is 11.9. The van der Waals surface area contributed by atoms with E-state index in [-0.39, 0.29) is 15.5 Å². The largest absolute Gasteiger partial charge is 0.508 e. The first-order valence-electron chi connectivity index (χ1n) is 7.55. The van der Waals surface area contributed by atoms with Crippen LogP contribution in [0.1, 0.15) is 22.1 Å². The first-order valence-corrected chi connectivity index (χ1v) is 9.19. The van der Waals surface area contributed by atoms with Gasteiger partial charge in [0.2, 0.25) is 0 Å². The van der Waals surface area contributed by atoms with Crippen molar-refractivity contribution in [3.05, 3.63) is 71.9 Å². The molecule has 3 heterocycles. The number of anilines is 2. The van der Waals surface area contributed by atoms with E-state index in [0.717, 1.165) is 38.3 Å². The van der Waals surface area contributed by atoms with Crippen LogP contribution in [0.15, 0.2) is 46.0 Å². The van der Waals surface area contributed by atoms with Gasteiger partial charge in [0.25, 0.3) is 0 Å². The summed E-state index contributed by atoms with van der Waals surface area (Å²) in [5, 5.41) is 16.3. The molecular weight excluding hydrogens is 358 g/mol. The molecule has 2 aromatic heterocycles. The molecule has 0 aliphatic carbocycles. The number of H-pyrrole nitrogens is 2. The number of benzene rings is 2. The first-order chi connectivity index (χ1) is 12.1. The predicted molar refractivity (Wildman–Crippen MR) is 99.7 cm³/mol. The Hall–Kier alpha value is -2.84. The van der Waals surface area contributed by atoms with Gasteiger partial charge >= 0.3 is 9.75 Å². The SMILES string of the molecule is O=c1[nH]c2c(s1)Nc1[nH]c(=O)sc1C2c1c(O)ccc2ccccc12. The van der Waals surface area contributed by atoms with Gasteiger partial charge in [-0.05, 0) is 16.8 Å². The zero-order valence-electron chi connectivity index (χ0n) is 12.6. The summed E-state index contributed by atoms with van der Waals surface area (Å²) in [6.45, 7) is 0. The third-order valence-corrected chi connectivity index (χ3v) is 6.14. The lowest BCUT2D eigenvalue weighted by molar-refractivity contribution is 0.468. The van der Waals surface area contributed by atoms with Gasteiger partial charge in [0.15, 0.2) is 0 Å². The Kier molecular flexibility index (Phi) is 2.94. The van der Waals surface area contributed by atoms with Crippen LogP contribution < -0.4 is 15.1 Å². The Morgan fingerprint density at radius 1 is 0.960 bits per heavy atom. The maximum Gasteiger partial charge on any atom is 0.306 e. The van der Waals surface area contributed by atoms with E-state index in [1.165, 1.54) is 0 Å². The van der Waals surface area contributed by atoms with Crippen molar-refractivity contribution >= 4 is 44.3 Å².